The lowest BCUT2D eigenvalue weighted by atomic mass is 9.81. The highest BCUT2D eigenvalue weighted by atomic mass is 32.1. The second-order valence-electron chi connectivity index (χ2n) is 14.5. The summed E-state index contributed by atoms with van der Waals surface area (Å²) in [5.74, 6) is 0. The van der Waals surface area contributed by atoms with Crippen molar-refractivity contribution in [3.8, 4) is 44.5 Å². The van der Waals surface area contributed by atoms with Crippen LogP contribution in [0.4, 0.5) is 17.1 Å². The molecule has 0 bridgehead atoms. The Hall–Kier alpha value is -6.22. The van der Waals surface area contributed by atoms with E-state index in [1.807, 2.05) is 12.1 Å². The second-order valence-corrected chi connectivity index (χ2v) is 15.6. The third-order valence-corrected chi connectivity index (χ3v) is 12.2. The van der Waals surface area contributed by atoms with E-state index >= 15 is 0 Å². The van der Waals surface area contributed by atoms with E-state index < -0.39 is 0 Å². The van der Waals surface area contributed by atoms with Crippen molar-refractivity contribution in [2.24, 2.45) is 0 Å². The third-order valence-electron chi connectivity index (χ3n) is 11.0. The highest BCUT2D eigenvalue weighted by Crippen LogP contribution is 2.51. The van der Waals surface area contributed by atoms with Crippen LogP contribution in [0.25, 0.3) is 64.7 Å². The topological polar surface area (TPSA) is 3.24 Å². The molecule has 0 amide bonds. The number of fused-ring (bicyclic) bond motifs is 6. The molecule has 53 heavy (non-hydrogen) atoms. The lowest BCUT2D eigenvalue weighted by Crippen LogP contribution is -2.16. The summed E-state index contributed by atoms with van der Waals surface area (Å²) in [6, 6.07) is 66.3. The van der Waals surface area contributed by atoms with Crippen LogP contribution in [0.1, 0.15) is 26.3 Å². The molecule has 0 saturated heterocycles. The monoisotopic (exact) mass is 696 g/mol. The largest absolute Gasteiger partial charge is 0.310 e. The van der Waals surface area contributed by atoms with E-state index in [0.717, 1.165) is 22.4 Å². The minimum atomic E-state index is -0.140. The Morgan fingerprint density at radius 3 is 1.66 bits per heavy atom. The Balaban J connectivity index is 0.966. The molecule has 0 fully saturated rings. The molecule has 1 aliphatic rings. The predicted octanol–water partition coefficient (Wildman–Crippen LogP) is 14.8. The molecule has 9 aromatic rings. The summed E-state index contributed by atoms with van der Waals surface area (Å²) in [7, 11) is 0. The smallest absolute Gasteiger partial charge is 0.0623 e. The van der Waals surface area contributed by atoms with Crippen LogP contribution in [0, 0.1) is 0 Å². The van der Waals surface area contributed by atoms with Gasteiger partial charge in [-0.1, -0.05) is 141 Å². The van der Waals surface area contributed by atoms with Gasteiger partial charge in [0, 0.05) is 42.6 Å². The maximum Gasteiger partial charge on any atom is 0.0623 e. The molecule has 2 heteroatoms. The van der Waals surface area contributed by atoms with Crippen molar-refractivity contribution in [3.63, 3.8) is 0 Å². The first kappa shape index (κ1) is 30.4. The van der Waals surface area contributed by atoms with Gasteiger partial charge in [0.2, 0.25) is 0 Å². The average molecular weight is 697 g/mol. The molecule has 0 unspecified atom stereocenters. The van der Waals surface area contributed by atoms with Crippen LogP contribution in [-0.4, -0.2) is 0 Å². The van der Waals surface area contributed by atoms with Crippen molar-refractivity contribution in [1.29, 1.82) is 0 Å². The van der Waals surface area contributed by atoms with Gasteiger partial charge in [-0.15, -0.1) is 11.3 Å². The number of benzene rings is 8. The van der Waals surface area contributed by atoms with E-state index in [2.05, 4.69) is 189 Å². The van der Waals surface area contributed by atoms with Gasteiger partial charge in [-0.2, -0.15) is 0 Å². The molecule has 0 radical (unpaired) electrons. The zero-order valence-electron chi connectivity index (χ0n) is 30.7. The highest BCUT2D eigenvalue weighted by Gasteiger charge is 2.36. The van der Waals surface area contributed by atoms with Gasteiger partial charge in [0.1, 0.15) is 0 Å². The number of rotatable bonds is 6. The molecular weight excluding hydrogens is 659 g/mol. The summed E-state index contributed by atoms with van der Waals surface area (Å²) in [5, 5.41) is 2.38. The zero-order valence-corrected chi connectivity index (χ0v) is 30.5. The molecule has 10 rings (SSSR count). The van der Waals surface area contributed by atoms with Crippen LogP contribution in [0.3, 0.4) is 0 Å². The Bertz CT molecular complexity index is 2830. The van der Waals surface area contributed by atoms with Crippen molar-refractivity contribution in [3.05, 3.63) is 199 Å². The Labute approximate surface area is 316 Å². The maximum absolute atomic E-state index is 8.13. The summed E-state index contributed by atoms with van der Waals surface area (Å²) in [4.78, 5) is 2.37. The highest BCUT2D eigenvalue weighted by molar-refractivity contribution is 7.25. The normalized spacial score (nSPS) is 13.1. The minimum Gasteiger partial charge on any atom is -0.310 e. The van der Waals surface area contributed by atoms with E-state index in [1.165, 1.54) is 70.4 Å². The molecule has 1 aliphatic carbocycles. The Morgan fingerprint density at radius 1 is 0.415 bits per heavy atom. The van der Waals surface area contributed by atoms with Gasteiger partial charge in [-0.25, -0.2) is 0 Å². The molecule has 0 aliphatic heterocycles. The van der Waals surface area contributed by atoms with Crippen molar-refractivity contribution in [2.45, 2.75) is 19.3 Å². The first-order valence-electron chi connectivity index (χ1n) is 18.7. The fraction of sp³-hybridized carbons (Fsp3) is 0.0588. The number of hydrogen-bond acceptors (Lipinski definition) is 2. The summed E-state index contributed by atoms with van der Waals surface area (Å²) < 4.78 is 10.6. The van der Waals surface area contributed by atoms with Crippen molar-refractivity contribution < 1.29 is 1.37 Å². The minimum absolute atomic E-state index is 0.140. The SMILES string of the molecule is [2H]c1ccc2sc3ccc(-c4ccc(-c5ccc(N(c6ccccc6)c6ccc7c(c6)C(C)(C)c6cc(-c8ccccc8)ccc6-7)cc5)cc4)cc3c2c1. The number of nitrogens with zero attached hydrogens (tertiary/aromatic N) is 1. The molecule has 1 aromatic heterocycles. The number of hydrogen-bond donors (Lipinski definition) is 0. The number of thiophene rings is 1. The average Bonchev–Trinajstić information content (AvgIpc) is 3.69. The summed E-state index contributed by atoms with van der Waals surface area (Å²) >= 11 is 1.79. The molecule has 0 saturated carbocycles. The summed E-state index contributed by atoms with van der Waals surface area (Å²) in [5.41, 5.74) is 15.9. The first-order chi connectivity index (χ1) is 26.4. The van der Waals surface area contributed by atoms with Gasteiger partial charge in [0.05, 0.1) is 1.37 Å². The van der Waals surface area contributed by atoms with E-state index in [-0.39, 0.29) is 5.41 Å². The fourth-order valence-corrected chi connectivity index (χ4v) is 9.27. The van der Waals surface area contributed by atoms with Crippen LogP contribution in [0.5, 0.6) is 0 Å². The molecule has 1 heterocycles. The molecule has 0 N–H and O–H groups in total. The lowest BCUT2D eigenvalue weighted by Gasteiger charge is -2.28. The maximum atomic E-state index is 8.13. The van der Waals surface area contributed by atoms with E-state index in [9.17, 15) is 0 Å². The Kier molecular flexibility index (Phi) is 7.16. The van der Waals surface area contributed by atoms with Crippen LogP contribution < -0.4 is 4.90 Å². The van der Waals surface area contributed by atoms with Gasteiger partial charge in [-0.05, 0) is 116 Å². The van der Waals surface area contributed by atoms with Crippen molar-refractivity contribution in [2.75, 3.05) is 4.90 Å². The third kappa shape index (κ3) is 5.37. The molecule has 0 atom stereocenters. The van der Waals surface area contributed by atoms with Gasteiger partial charge >= 0.3 is 0 Å². The fourth-order valence-electron chi connectivity index (χ4n) is 8.20. The lowest BCUT2D eigenvalue weighted by molar-refractivity contribution is 0.660. The molecule has 1 nitrogen and oxygen atoms in total. The van der Waals surface area contributed by atoms with Crippen LogP contribution >= 0.6 is 11.3 Å². The van der Waals surface area contributed by atoms with Crippen LogP contribution in [-0.2, 0) is 5.41 Å². The number of para-hydroxylation sites is 1. The van der Waals surface area contributed by atoms with Crippen molar-refractivity contribution in [1.82, 2.24) is 0 Å². The van der Waals surface area contributed by atoms with Crippen LogP contribution in [0.2, 0.25) is 0 Å². The Morgan fingerprint density at radius 2 is 0.925 bits per heavy atom. The van der Waals surface area contributed by atoms with Gasteiger partial charge < -0.3 is 4.90 Å². The predicted molar refractivity (Wildman–Crippen MR) is 228 cm³/mol. The van der Waals surface area contributed by atoms with Gasteiger partial charge in [-0.3, -0.25) is 0 Å². The summed E-state index contributed by atoms with van der Waals surface area (Å²) in [6.45, 7) is 4.72. The van der Waals surface area contributed by atoms with E-state index in [0.29, 0.717) is 6.04 Å². The molecular formula is C51H37NS. The van der Waals surface area contributed by atoms with Gasteiger partial charge in [0.15, 0.2) is 0 Å². The number of anilines is 3. The summed E-state index contributed by atoms with van der Waals surface area (Å²) in [6.07, 6.45) is 0. The van der Waals surface area contributed by atoms with E-state index in [1.54, 1.807) is 11.3 Å². The second kappa shape index (κ2) is 12.5. The van der Waals surface area contributed by atoms with E-state index in [4.69, 9.17) is 1.37 Å². The van der Waals surface area contributed by atoms with Crippen molar-refractivity contribution >= 4 is 48.6 Å². The molecule has 252 valence electrons. The molecule has 0 spiro atoms. The quantitative estimate of drug-likeness (QED) is 0.167. The van der Waals surface area contributed by atoms with Gasteiger partial charge in [0.25, 0.3) is 0 Å². The molecule has 8 aromatic carbocycles. The zero-order chi connectivity index (χ0) is 36.4. The van der Waals surface area contributed by atoms with Crippen LogP contribution in [0.15, 0.2) is 188 Å². The standard InChI is InChI=1S/C51H37NS/c1-51(2)47-32-39(34-11-5-3-6-12-34)23-28-43(47)44-29-27-42(33-48(44)51)52(40-13-7-4-8-14-40)41-25-21-36(22-26-41)35-17-19-37(20-18-35)38-24-30-50-46(31-38)45-15-9-10-16-49(45)53-50/h3-33H,1-2H3/i9D. The first-order valence-corrected chi connectivity index (χ1v) is 19.1.